The lowest BCUT2D eigenvalue weighted by Gasteiger charge is -2.27. The number of alkyl halides is 3. The Morgan fingerprint density at radius 2 is 2.06 bits per heavy atom. The number of carbonyl (C=O) groups excluding carboxylic acids is 1. The van der Waals surface area contributed by atoms with E-state index in [-0.39, 0.29) is 6.54 Å². The van der Waals surface area contributed by atoms with Crippen molar-refractivity contribution in [2.75, 3.05) is 13.1 Å². The highest BCUT2D eigenvalue weighted by Gasteiger charge is 2.64. The maximum absolute atomic E-state index is 12.8. The Hall–Kier alpha value is -1.31. The lowest BCUT2D eigenvalue weighted by molar-refractivity contribution is -0.227. The van der Waals surface area contributed by atoms with Crippen molar-refractivity contribution in [2.45, 2.75) is 32.0 Å². The predicted octanol–water partition coefficient (Wildman–Crippen LogP) is 0.589. The van der Waals surface area contributed by atoms with Crippen LogP contribution in [0.4, 0.5) is 13.2 Å². The Labute approximate surface area is 102 Å². The topological polar surface area (TPSA) is 83.6 Å². The number of likely N-dealkylation sites (tertiary alicyclic amines) is 1. The van der Waals surface area contributed by atoms with Gasteiger partial charge in [0.2, 0.25) is 5.91 Å². The van der Waals surface area contributed by atoms with E-state index < -0.39 is 42.5 Å². The average Bonchev–Trinajstić information content (AvgIpc) is 2.72. The van der Waals surface area contributed by atoms with Crippen LogP contribution in [-0.2, 0) is 9.59 Å². The zero-order valence-corrected chi connectivity index (χ0v) is 9.83. The zero-order chi connectivity index (χ0) is 14.1. The van der Waals surface area contributed by atoms with Crippen LogP contribution < -0.4 is 5.73 Å². The molecule has 104 valence electrons. The first-order valence-electron chi connectivity index (χ1n) is 5.50. The quantitative estimate of drug-likeness (QED) is 0.784. The lowest BCUT2D eigenvalue weighted by Crippen LogP contribution is -2.49. The second-order valence-corrected chi connectivity index (χ2v) is 4.41. The van der Waals surface area contributed by atoms with Gasteiger partial charge in [-0.1, -0.05) is 6.92 Å². The Morgan fingerprint density at radius 1 is 1.50 bits per heavy atom. The molecule has 1 saturated heterocycles. The average molecular weight is 268 g/mol. The number of carboxylic acids is 1. The molecule has 5 nitrogen and oxygen atoms in total. The molecule has 1 fully saturated rings. The van der Waals surface area contributed by atoms with Crippen molar-refractivity contribution in [1.29, 1.82) is 0 Å². The minimum Gasteiger partial charge on any atom is -0.481 e. The number of nitrogens with zero attached hydrogens (tertiary/aromatic N) is 1. The third kappa shape index (κ3) is 2.29. The van der Waals surface area contributed by atoms with Gasteiger partial charge >= 0.3 is 12.1 Å². The Balaban J connectivity index is 2.92. The molecule has 3 N–H and O–H groups in total. The molecule has 8 heteroatoms. The van der Waals surface area contributed by atoms with Crippen LogP contribution in [0.25, 0.3) is 0 Å². The summed E-state index contributed by atoms with van der Waals surface area (Å²) in [5, 5.41) is 8.81. The smallest absolute Gasteiger partial charge is 0.406 e. The molecular weight excluding hydrogens is 253 g/mol. The maximum Gasteiger partial charge on any atom is 0.406 e. The van der Waals surface area contributed by atoms with Crippen molar-refractivity contribution >= 4 is 11.9 Å². The maximum atomic E-state index is 12.8. The summed E-state index contributed by atoms with van der Waals surface area (Å²) in [6.45, 7) is 0.531. The fraction of sp³-hybridized carbons (Fsp3) is 0.800. The van der Waals surface area contributed by atoms with Crippen LogP contribution in [0.1, 0.15) is 19.8 Å². The number of carbonyl (C=O) groups is 2. The Bertz CT molecular complexity index is 359. The van der Waals surface area contributed by atoms with Crippen LogP contribution in [0.15, 0.2) is 0 Å². The van der Waals surface area contributed by atoms with Crippen LogP contribution >= 0.6 is 0 Å². The van der Waals surface area contributed by atoms with E-state index in [0.717, 1.165) is 4.90 Å². The van der Waals surface area contributed by atoms with Crippen molar-refractivity contribution in [1.82, 2.24) is 4.90 Å². The fourth-order valence-electron chi connectivity index (χ4n) is 1.93. The van der Waals surface area contributed by atoms with Gasteiger partial charge < -0.3 is 15.7 Å². The molecule has 0 aliphatic carbocycles. The Kier molecular flexibility index (Phi) is 3.89. The molecule has 2 atom stereocenters. The van der Waals surface area contributed by atoms with Crippen LogP contribution in [0.3, 0.4) is 0 Å². The van der Waals surface area contributed by atoms with E-state index in [0.29, 0.717) is 6.42 Å². The van der Waals surface area contributed by atoms with Crippen molar-refractivity contribution in [3.63, 3.8) is 0 Å². The molecule has 0 bridgehead atoms. The summed E-state index contributed by atoms with van der Waals surface area (Å²) in [5.41, 5.74) is 2.59. The minimum absolute atomic E-state index is 0.238. The van der Waals surface area contributed by atoms with Gasteiger partial charge in [0.15, 0.2) is 5.41 Å². The molecule has 18 heavy (non-hydrogen) atoms. The number of rotatable bonds is 3. The molecule has 1 unspecified atom stereocenters. The molecule has 0 spiro atoms. The summed E-state index contributed by atoms with van der Waals surface area (Å²) < 4.78 is 38.5. The fourth-order valence-corrected chi connectivity index (χ4v) is 1.93. The van der Waals surface area contributed by atoms with Crippen LogP contribution in [0.5, 0.6) is 0 Å². The van der Waals surface area contributed by atoms with E-state index in [1.807, 2.05) is 0 Å². The van der Waals surface area contributed by atoms with E-state index in [1.54, 1.807) is 6.92 Å². The molecule has 0 aromatic heterocycles. The van der Waals surface area contributed by atoms with Gasteiger partial charge in [0.05, 0.1) is 6.04 Å². The number of carboxylic acid groups (broad SMARTS) is 1. The first-order valence-corrected chi connectivity index (χ1v) is 5.50. The zero-order valence-electron chi connectivity index (χ0n) is 9.83. The van der Waals surface area contributed by atoms with Gasteiger partial charge in [0.1, 0.15) is 0 Å². The van der Waals surface area contributed by atoms with E-state index in [2.05, 4.69) is 0 Å². The van der Waals surface area contributed by atoms with E-state index in [4.69, 9.17) is 10.8 Å². The SMILES string of the molecule is CC[C@H](N)C(=O)N1CCC(C(=O)O)(C(F)(F)F)C1. The number of hydrogen-bond donors (Lipinski definition) is 2. The van der Waals surface area contributed by atoms with Gasteiger partial charge in [-0.05, 0) is 12.8 Å². The molecule has 0 aromatic carbocycles. The van der Waals surface area contributed by atoms with Crippen molar-refractivity contribution in [3.8, 4) is 0 Å². The molecule has 1 aliphatic heterocycles. The summed E-state index contributed by atoms with van der Waals surface area (Å²) in [6, 6.07) is -0.886. The minimum atomic E-state index is -4.88. The number of amides is 1. The van der Waals surface area contributed by atoms with Crippen molar-refractivity contribution < 1.29 is 27.9 Å². The summed E-state index contributed by atoms with van der Waals surface area (Å²) in [4.78, 5) is 23.4. The largest absolute Gasteiger partial charge is 0.481 e. The molecule has 0 radical (unpaired) electrons. The van der Waals surface area contributed by atoms with E-state index >= 15 is 0 Å². The molecule has 0 aromatic rings. The summed E-state index contributed by atoms with van der Waals surface area (Å²) >= 11 is 0. The predicted molar refractivity (Wildman–Crippen MR) is 55.6 cm³/mol. The summed E-state index contributed by atoms with van der Waals surface area (Å²) in [5.74, 6) is -2.58. The second kappa shape index (κ2) is 4.75. The van der Waals surface area contributed by atoms with Gasteiger partial charge in [-0.3, -0.25) is 9.59 Å². The standard InChI is InChI=1S/C10H15F3N2O3/c1-2-6(14)7(16)15-4-3-9(5-15,8(17)18)10(11,12)13/h6H,2-5,14H2,1H3,(H,17,18)/t6-,9?/m0/s1. The Morgan fingerprint density at radius 3 is 2.39 bits per heavy atom. The molecule has 1 aliphatic rings. The number of nitrogens with two attached hydrogens (primary N) is 1. The third-order valence-electron chi connectivity index (χ3n) is 3.29. The first kappa shape index (κ1) is 14.7. The normalized spacial score (nSPS) is 26.2. The van der Waals surface area contributed by atoms with Crippen molar-refractivity contribution in [3.05, 3.63) is 0 Å². The van der Waals surface area contributed by atoms with Gasteiger partial charge in [-0.2, -0.15) is 13.2 Å². The molecular formula is C10H15F3N2O3. The second-order valence-electron chi connectivity index (χ2n) is 4.41. The highest BCUT2D eigenvalue weighted by atomic mass is 19.4. The highest BCUT2D eigenvalue weighted by Crippen LogP contribution is 2.45. The summed E-state index contributed by atoms with van der Waals surface area (Å²) in [7, 11) is 0. The number of aliphatic carboxylic acids is 1. The number of hydrogen-bond acceptors (Lipinski definition) is 3. The molecule has 1 heterocycles. The van der Waals surface area contributed by atoms with Gasteiger partial charge in [-0.25, -0.2) is 0 Å². The van der Waals surface area contributed by atoms with Crippen molar-refractivity contribution in [2.24, 2.45) is 11.1 Å². The first-order chi connectivity index (χ1) is 8.15. The lowest BCUT2D eigenvalue weighted by atomic mass is 9.86. The molecule has 1 rings (SSSR count). The monoisotopic (exact) mass is 268 g/mol. The molecule has 0 saturated carbocycles. The molecule has 1 amide bonds. The van der Waals surface area contributed by atoms with Gasteiger partial charge in [-0.15, -0.1) is 0 Å². The van der Waals surface area contributed by atoms with Gasteiger partial charge in [0.25, 0.3) is 0 Å². The van der Waals surface area contributed by atoms with Gasteiger partial charge in [0, 0.05) is 13.1 Å². The third-order valence-corrected chi connectivity index (χ3v) is 3.29. The van der Waals surface area contributed by atoms with E-state index in [1.165, 1.54) is 0 Å². The number of halogens is 3. The van der Waals surface area contributed by atoms with Crippen LogP contribution in [0, 0.1) is 5.41 Å². The summed E-state index contributed by atoms with van der Waals surface area (Å²) in [6.07, 6.45) is -5.22. The van der Waals surface area contributed by atoms with Crippen LogP contribution in [0.2, 0.25) is 0 Å². The van der Waals surface area contributed by atoms with Crippen LogP contribution in [-0.4, -0.2) is 47.2 Å². The van der Waals surface area contributed by atoms with E-state index in [9.17, 15) is 22.8 Å². The highest BCUT2D eigenvalue weighted by molar-refractivity contribution is 5.84.